The summed E-state index contributed by atoms with van der Waals surface area (Å²) >= 11 is 0. The molecule has 0 radical (unpaired) electrons. The lowest BCUT2D eigenvalue weighted by Gasteiger charge is -2.35. The van der Waals surface area contributed by atoms with Gasteiger partial charge in [0.1, 0.15) is 6.61 Å². The first-order valence-electron chi connectivity index (χ1n) is 12.6. The highest BCUT2D eigenvalue weighted by molar-refractivity contribution is 5.79. The Labute approximate surface area is 191 Å². The Balaban J connectivity index is 1.17. The van der Waals surface area contributed by atoms with Crippen LogP contribution in [0.25, 0.3) is 11.1 Å². The molecule has 2 heterocycles. The van der Waals surface area contributed by atoms with Crippen molar-refractivity contribution in [3.05, 3.63) is 71.3 Å². The average molecular weight is 428 g/mol. The zero-order valence-electron chi connectivity index (χ0n) is 18.8. The summed E-state index contributed by atoms with van der Waals surface area (Å²) in [6.45, 7) is 0.419. The van der Waals surface area contributed by atoms with Gasteiger partial charge in [-0.2, -0.15) is 0 Å². The predicted octanol–water partition coefficient (Wildman–Crippen LogP) is 7.07. The average Bonchev–Trinajstić information content (AvgIpc) is 3.12. The molecule has 2 aromatic rings. The molecule has 166 valence electrons. The molecule has 2 aliphatic heterocycles. The van der Waals surface area contributed by atoms with Gasteiger partial charge in [-0.1, -0.05) is 85.9 Å². The minimum atomic E-state index is -0.115. The maximum Gasteiger partial charge on any atom is 0.410 e. The maximum absolute atomic E-state index is 13.3. The van der Waals surface area contributed by atoms with Crippen LogP contribution >= 0.6 is 0 Å². The second-order valence-electron chi connectivity index (χ2n) is 10.1. The summed E-state index contributed by atoms with van der Waals surface area (Å²) in [5.41, 5.74) is 6.75. The molecular formula is C29H33NO2. The Kier molecular flexibility index (Phi) is 5.29. The number of carbonyl (C=O) groups is 1. The second kappa shape index (κ2) is 8.42. The SMILES string of the molecule is O=C(OCC1c2ccccc2-c2ccccc21)N1C2C=C(C3CCCCCC3)CC1CC2. The van der Waals surface area contributed by atoms with Gasteiger partial charge < -0.3 is 4.74 Å². The molecule has 4 aliphatic rings. The van der Waals surface area contributed by atoms with E-state index in [0.717, 1.165) is 25.2 Å². The van der Waals surface area contributed by atoms with E-state index in [9.17, 15) is 4.79 Å². The quantitative estimate of drug-likeness (QED) is 0.387. The van der Waals surface area contributed by atoms with Crippen molar-refractivity contribution < 1.29 is 9.53 Å². The molecule has 2 unspecified atom stereocenters. The summed E-state index contributed by atoms with van der Waals surface area (Å²) in [6, 6.07) is 17.7. The Hall–Kier alpha value is -2.55. The smallest absolute Gasteiger partial charge is 0.410 e. The number of carbonyl (C=O) groups excluding carboxylic acids is 1. The van der Waals surface area contributed by atoms with E-state index in [0.29, 0.717) is 12.6 Å². The summed E-state index contributed by atoms with van der Waals surface area (Å²) < 4.78 is 6.02. The summed E-state index contributed by atoms with van der Waals surface area (Å²) in [7, 11) is 0. The van der Waals surface area contributed by atoms with Crippen molar-refractivity contribution in [2.24, 2.45) is 5.92 Å². The summed E-state index contributed by atoms with van der Waals surface area (Å²) in [6.07, 6.45) is 13.8. The highest BCUT2D eigenvalue weighted by Gasteiger charge is 2.42. The first-order valence-corrected chi connectivity index (χ1v) is 12.6. The molecule has 2 aliphatic carbocycles. The highest BCUT2D eigenvalue weighted by Crippen LogP contribution is 2.45. The van der Waals surface area contributed by atoms with Crippen LogP contribution < -0.4 is 0 Å². The van der Waals surface area contributed by atoms with Gasteiger partial charge in [-0.15, -0.1) is 0 Å². The molecule has 0 spiro atoms. The number of amides is 1. The van der Waals surface area contributed by atoms with Gasteiger partial charge in [0.2, 0.25) is 0 Å². The van der Waals surface area contributed by atoms with Gasteiger partial charge in [-0.05, 0) is 60.3 Å². The molecule has 6 rings (SSSR count). The molecule has 3 nitrogen and oxygen atoms in total. The fourth-order valence-electron chi connectivity index (χ4n) is 6.77. The second-order valence-corrected chi connectivity index (χ2v) is 10.1. The van der Waals surface area contributed by atoms with Gasteiger partial charge >= 0.3 is 6.09 Å². The van der Waals surface area contributed by atoms with E-state index in [1.165, 1.54) is 60.8 Å². The third-order valence-corrected chi connectivity index (χ3v) is 8.35. The van der Waals surface area contributed by atoms with Gasteiger partial charge in [0.25, 0.3) is 0 Å². The van der Waals surface area contributed by atoms with E-state index in [1.54, 1.807) is 5.57 Å². The minimum Gasteiger partial charge on any atom is -0.448 e. The molecule has 0 N–H and O–H groups in total. The lowest BCUT2D eigenvalue weighted by Crippen LogP contribution is -2.44. The normalized spacial score (nSPS) is 25.1. The van der Waals surface area contributed by atoms with Gasteiger partial charge in [-0.25, -0.2) is 4.79 Å². The van der Waals surface area contributed by atoms with Gasteiger partial charge in [0.05, 0.1) is 6.04 Å². The Bertz CT molecular complexity index is 987. The monoisotopic (exact) mass is 427 g/mol. The van der Waals surface area contributed by atoms with Crippen LogP contribution in [0.4, 0.5) is 4.79 Å². The molecule has 0 aromatic heterocycles. The van der Waals surface area contributed by atoms with Crippen molar-refractivity contribution >= 4 is 6.09 Å². The molecule has 1 saturated carbocycles. The lowest BCUT2D eigenvalue weighted by atomic mass is 9.85. The Morgan fingerprint density at radius 3 is 2.16 bits per heavy atom. The standard InChI is InChI=1S/C29H33NO2/c31-29(30-22-15-16-23(30)18-21(17-22)20-9-3-1-2-4-10-20)32-19-28-26-13-7-5-11-24(26)25-12-6-8-14-27(25)28/h5-8,11-14,17,20,22-23,28H,1-4,9-10,15-16,18-19H2. The van der Waals surface area contributed by atoms with E-state index in [1.807, 2.05) is 0 Å². The first-order chi connectivity index (χ1) is 15.8. The largest absolute Gasteiger partial charge is 0.448 e. The first kappa shape index (κ1) is 20.1. The lowest BCUT2D eigenvalue weighted by molar-refractivity contribution is 0.0841. The fourth-order valence-corrected chi connectivity index (χ4v) is 6.77. The van der Waals surface area contributed by atoms with E-state index in [4.69, 9.17) is 4.74 Å². The summed E-state index contributed by atoms with van der Waals surface area (Å²) in [5, 5.41) is 0. The number of hydrogen-bond acceptors (Lipinski definition) is 2. The number of benzene rings is 2. The van der Waals surface area contributed by atoms with Gasteiger partial charge in [0, 0.05) is 12.0 Å². The van der Waals surface area contributed by atoms with Crippen LogP contribution in [-0.4, -0.2) is 29.7 Å². The molecule has 3 heteroatoms. The third kappa shape index (κ3) is 3.46. The Morgan fingerprint density at radius 2 is 1.50 bits per heavy atom. The van der Waals surface area contributed by atoms with E-state index in [2.05, 4.69) is 59.5 Å². The van der Waals surface area contributed by atoms with Crippen molar-refractivity contribution in [3.63, 3.8) is 0 Å². The maximum atomic E-state index is 13.3. The fraction of sp³-hybridized carbons (Fsp3) is 0.483. The van der Waals surface area contributed by atoms with E-state index >= 15 is 0 Å². The van der Waals surface area contributed by atoms with Crippen molar-refractivity contribution in [3.8, 4) is 11.1 Å². The van der Waals surface area contributed by atoms with Crippen molar-refractivity contribution in [2.75, 3.05) is 6.61 Å². The highest BCUT2D eigenvalue weighted by atomic mass is 16.6. The Morgan fingerprint density at radius 1 is 0.844 bits per heavy atom. The number of hydrogen-bond donors (Lipinski definition) is 0. The van der Waals surface area contributed by atoms with Crippen LogP contribution in [0.3, 0.4) is 0 Å². The molecule has 2 atom stereocenters. The topological polar surface area (TPSA) is 29.5 Å². The summed E-state index contributed by atoms with van der Waals surface area (Å²) in [4.78, 5) is 15.3. The molecule has 2 aromatic carbocycles. The molecular weight excluding hydrogens is 394 g/mol. The molecule has 32 heavy (non-hydrogen) atoms. The van der Waals surface area contributed by atoms with E-state index in [-0.39, 0.29) is 18.1 Å². The zero-order valence-corrected chi connectivity index (χ0v) is 18.8. The van der Waals surface area contributed by atoms with Crippen LogP contribution in [0.15, 0.2) is 60.2 Å². The zero-order chi connectivity index (χ0) is 21.5. The van der Waals surface area contributed by atoms with Crippen molar-refractivity contribution in [1.29, 1.82) is 0 Å². The van der Waals surface area contributed by atoms with Crippen LogP contribution in [0.5, 0.6) is 0 Å². The number of nitrogens with zero attached hydrogens (tertiary/aromatic N) is 1. The summed E-state index contributed by atoms with van der Waals surface area (Å²) in [5.74, 6) is 0.885. The van der Waals surface area contributed by atoms with Gasteiger partial charge in [0.15, 0.2) is 0 Å². The van der Waals surface area contributed by atoms with Crippen molar-refractivity contribution in [1.82, 2.24) is 4.90 Å². The minimum absolute atomic E-state index is 0.115. The van der Waals surface area contributed by atoms with Crippen LogP contribution in [0.2, 0.25) is 0 Å². The predicted molar refractivity (Wildman–Crippen MR) is 128 cm³/mol. The van der Waals surface area contributed by atoms with Crippen molar-refractivity contribution in [2.45, 2.75) is 75.8 Å². The van der Waals surface area contributed by atoms with Gasteiger partial charge in [-0.3, -0.25) is 4.90 Å². The van der Waals surface area contributed by atoms with E-state index < -0.39 is 0 Å². The van der Waals surface area contributed by atoms with Crippen LogP contribution in [0, 0.1) is 5.92 Å². The third-order valence-electron chi connectivity index (χ3n) is 8.35. The van der Waals surface area contributed by atoms with Crippen LogP contribution in [-0.2, 0) is 4.74 Å². The number of fused-ring (bicyclic) bond motifs is 5. The molecule has 2 fully saturated rings. The number of rotatable bonds is 3. The molecule has 2 bridgehead atoms. The molecule has 1 amide bonds. The number of ether oxygens (including phenoxy) is 1. The molecule has 1 saturated heterocycles. The van der Waals surface area contributed by atoms with Crippen LogP contribution in [0.1, 0.15) is 74.8 Å².